The second-order valence-electron chi connectivity index (χ2n) is 5.19. The minimum atomic E-state index is 0.236. The lowest BCUT2D eigenvalue weighted by atomic mass is 10.0. The first-order chi connectivity index (χ1) is 8.34. The Morgan fingerprint density at radius 2 is 1.71 bits per heavy atom. The molecule has 2 heteroatoms. The summed E-state index contributed by atoms with van der Waals surface area (Å²) < 4.78 is 0. The molecule has 0 saturated carbocycles. The summed E-state index contributed by atoms with van der Waals surface area (Å²) in [5, 5.41) is 0. The Hall–Kier alpha value is -1.31. The van der Waals surface area contributed by atoms with Crippen molar-refractivity contribution in [2.45, 2.75) is 38.5 Å². The summed E-state index contributed by atoms with van der Waals surface area (Å²) >= 11 is 0. The number of benzene rings is 1. The van der Waals surface area contributed by atoms with Crippen molar-refractivity contribution in [3.63, 3.8) is 0 Å². The van der Waals surface area contributed by atoms with Gasteiger partial charge in [-0.3, -0.25) is 4.79 Å². The first-order valence-electron chi connectivity index (χ1n) is 6.76. The number of nitrogens with zero attached hydrogens (tertiary/aromatic N) is 1. The van der Waals surface area contributed by atoms with E-state index in [4.69, 9.17) is 0 Å². The Bertz CT molecular complexity index is 433. The molecule has 1 aromatic carbocycles. The van der Waals surface area contributed by atoms with E-state index >= 15 is 0 Å². The van der Waals surface area contributed by atoms with Crippen molar-refractivity contribution in [1.29, 1.82) is 0 Å². The number of hydrogen-bond acceptors (Lipinski definition) is 1. The van der Waals surface area contributed by atoms with Crippen LogP contribution in [0.2, 0.25) is 0 Å². The highest BCUT2D eigenvalue weighted by Crippen LogP contribution is 2.24. The number of likely N-dealkylation sites (tertiary alicyclic amines) is 1. The van der Waals surface area contributed by atoms with Crippen molar-refractivity contribution in [2.24, 2.45) is 0 Å². The normalized spacial score (nSPS) is 19.2. The molecule has 0 radical (unpaired) electrons. The zero-order chi connectivity index (χ0) is 11.7. The van der Waals surface area contributed by atoms with Gasteiger partial charge in [-0.15, -0.1) is 0 Å². The molecule has 3 rings (SSSR count). The first kappa shape index (κ1) is 10.8. The van der Waals surface area contributed by atoms with Gasteiger partial charge >= 0.3 is 0 Å². The predicted octanol–water partition coefficient (Wildman–Crippen LogP) is 2.80. The molecule has 0 bridgehead atoms. The summed E-state index contributed by atoms with van der Waals surface area (Å²) in [6.45, 7) is 1.88. The van der Waals surface area contributed by atoms with Crippen LogP contribution in [0.1, 0.15) is 47.2 Å². The van der Waals surface area contributed by atoms with E-state index in [1.54, 1.807) is 0 Å². The van der Waals surface area contributed by atoms with E-state index < -0.39 is 0 Å². The topological polar surface area (TPSA) is 20.3 Å². The molecule has 1 aliphatic carbocycles. The van der Waals surface area contributed by atoms with Crippen LogP contribution in [-0.4, -0.2) is 23.9 Å². The average molecular weight is 229 g/mol. The molecule has 0 spiro atoms. The van der Waals surface area contributed by atoms with E-state index in [0.29, 0.717) is 0 Å². The Balaban J connectivity index is 1.81. The molecule has 2 nitrogen and oxygen atoms in total. The number of carbonyl (C=O) groups excluding carboxylic acids is 1. The van der Waals surface area contributed by atoms with Crippen LogP contribution in [-0.2, 0) is 12.8 Å². The zero-order valence-corrected chi connectivity index (χ0v) is 10.2. The van der Waals surface area contributed by atoms with Gasteiger partial charge in [-0.2, -0.15) is 0 Å². The first-order valence-corrected chi connectivity index (χ1v) is 6.76. The van der Waals surface area contributed by atoms with Crippen molar-refractivity contribution >= 4 is 5.91 Å². The molecule has 2 aliphatic rings. The Morgan fingerprint density at radius 3 is 2.53 bits per heavy atom. The van der Waals surface area contributed by atoms with Gasteiger partial charge in [0, 0.05) is 18.7 Å². The number of aryl methyl sites for hydroxylation is 2. The van der Waals surface area contributed by atoms with Crippen LogP contribution in [0.5, 0.6) is 0 Å². The van der Waals surface area contributed by atoms with Gasteiger partial charge in [0.15, 0.2) is 0 Å². The maximum Gasteiger partial charge on any atom is 0.253 e. The van der Waals surface area contributed by atoms with Crippen LogP contribution in [0.25, 0.3) is 0 Å². The smallest absolute Gasteiger partial charge is 0.253 e. The average Bonchev–Trinajstić information content (AvgIpc) is 2.86. The van der Waals surface area contributed by atoms with Gasteiger partial charge in [-0.25, -0.2) is 0 Å². The Kier molecular flexibility index (Phi) is 2.87. The summed E-state index contributed by atoms with van der Waals surface area (Å²) in [6.07, 6.45) is 7.18. The molecule has 0 unspecified atom stereocenters. The summed E-state index contributed by atoms with van der Waals surface area (Å²) in [4.78, 5) is 14.3. The third-order valence-corrected chi connectivity index (χ3v) is 3.99. The second-order valence-corrected chi connectivity index (χ2v) is 5.19. The van der Waals surface area contributed by atoms with Crippen LogP contribution in [0.4, 0.5) is 0 Å². The molecule has 1 saturated heterocycles. The van der Waals surface area contributed by atoms with Crippen molar-refractivity contribution in [3.8, 4) is 0 Å². The van der Waals surface area contributed by atoms with Crippen molar-refractivity contribution < 1.29 is 4.79 Å². The van der Waals surface area contributed by atoms with Gasteiger partial charge in [0.2, 0.25) is 0 Å². The summed E-state index contributed by atoms with van der Waals surface area (Å²) in [7, 11) is 0. The van der Waals surface area contributed by atoms with Crippen molar-refractivity contribution in [3.05, 3.63) is 34.9 Å². The molecular formula is C15H19NO. The second kappa shape index (κ2) is 4.52. The largest absolute Gasteiger partial charge is 0.339 e. The quantitative estimate of drug-likeness (QED) is 0.725. The standard InChI is InChI=1S/C15H19NO/c17-15(16-9-2-1-3-10-16)14-8-7-12-5-4-6-13(12)11-14/h7-8,11H,1-6,9-10H2. The van der Waals surface area contributed by atoms with Crippen molar-refractivity contribution in [1.82, 2.24) is 4.90 Å². The molecule has 90 valence electrons. The van der Waals surface area contributed by atoms with Crippen LogP contribution < -0.4 is 0 Å². The SMILES string of the molecule is O=C(c1ccc2c(c1)CCC2)N1CCCCC1. The third-order valence-electron chi connectivity index (χ3n) is 3.99. The number of rotatable bonds is 1. The molecule has 0 atom stereocenters. The maximum absolute atomic E-state index is 12.3. The van der Waals surface area contributed by atoms with Gasteiger partial charge < -0.3 is 4.90 Å². The van der Waals surface area contributed by atoms with Crippen molar-refractivity contribution in [2.75, 3.05) is 13.1 Å². The molecule has 17 heavy (non-hydrogen) atoms. The third kappa shape index (κ3) is 2.08. The molecule has 0 N–H and O–H groups in total. The zero-order valence-electron chi connectivity index (χ0n) is 10.2. The lowest BCUT2D eigenvalue weighted by Gasteiger charge is -2.26. The molecule has 1 aliphatic heterocycles. The predicted molar refractivity (Wildman–Crippen MR) is 68.2 cm³/mol. The highest BCUT2D eigenvalue weighted by atomic mass is 16.2. The van der Waals surface area contributed by atoms with E-state index in [0.717, 1.165) is 37.9 Å². The molecule has 1 heterocycles. The maximum atomic E-state index is 12.3. The minimum Gasteiger partial charge on any atom is -0.339 e. The monoisotopic (exact) mass is 229 g/mol. The van der Waals surface area contributed by atoms with Crippen LogP contribution in [0.3, 0.4) is 0 Å². The van der Waals surface area contributed by atoms with E-state index in [9.17, 15) is 4.79 Å². The Labute approximate surface area is 103 Å². The molecule has 1 aromatic rings. The lowest BCUT2D eigenvalue weighted by molar-refractivity contribution is 0.0724. The van der Waals surface area contributed by atoms with Gasteiger partial charge in [-0.1, -0.05) is 6.07 Å². The number of hydrogen-bond donors (Lipinski definition) is 0. The van der Waals surface area contributed by atoms with Gasteiger partial charge in [0.1, 0.15) is 0 Å². The van der Waals surface area contributed by atoms with Crippen LogP contribution in [0.15, 0.2) is 18.2 Å². The van der Waals surface area contributed by atoms with E-state index in [-0.39, 0.29) is 5.91 Å². The van der Waals surface area contributed by atoms with Crippen LogP contribution in [0, 0.1) is 0 Å². The number of fused-ring (bicyclic) bond motifs is 1. The van der Waals surface area contributed by atoms with Crippen LogP contribution >= 0.6 is 0 Å². The number of carbonyl (C=O) groups is 1. The van der Waals surface area contributed by atoms with Gasteiger partial charge in [-0.05, 0) is 61.8 Å². The molecule has 0 aromatic heterocycles. The highest BCUT2D eigenvalue weighted by molar-refractivity contribution is 5.94. The summed E-state index contributed by atoms with van der Waals surface area (Å²) in [5.41, 5.74) is 3.74. The minimum absolute atomic E-state index is 0.236. The fourth-order valence-electron chi connectivity index (χ4n) is 2.98. The lowest BCUT2D eigenvalue weighted by Crippen LogP contribution is -2.35. The summed E-state index contributed by atoms with van der Waals surface area (Å²) in [6, 6.07) is 6.29. The number of amides is 1. The summed E-state index contributed by atoms with van der Waals surface area (Å²) in [5.74, 6) is 0.236. The fraction of sp³-hybridized carbons (Fsp3) is 0.533. The Morgan fingerprint density at radius 1 is 0.941 bits per heavy atom. The van der Waals surface area contributed by atoms with E-state index in [2.05, 4.69) is 12.1 Å². The fourth-order valence-corrected chi connectivity index (χ4v) is 2.98. The van der Waals surface area contributed by atoms with Gasteiger partial charge in [0.05, 0.1) is 0 Å². The van der Waals surface area contributed by atoms with E-state index in [1.807, 2.05) is 11.0 Å². The van der Waals surface area contributed by atoms with Gasteiger partial charge in [0.25, 0.3) is 5.91 Å². The molecule has 1 fully saturated rings. The number of piperidine rings is 1. The molecule has 1 amide bonds. The van der Waals surface area contributed by atoms with E-state index in [1.165, 1.54) is 30.4 Å². The molecular weight excluding hydrogens is 210 g/mol. The highest BCUT2D eigenvalue weighted by Gasteiger charge is 2.20.